The maximum Gasteiger partial charge on any atom is 0.237 e. The lowest BCUT2D eigenvalue weighted by Crippen LogP contribution is -2.03. The van der Waals surface area contributed by atoms with E-state index in [1.165, 1.54) is 4.88 Å². The van der Waals surface area contributed by atoms with Crippen molar-refractivity contribution in [2.45, 2.75) is 27.3 Å². The Kier molecular flexibility index (Phi) is 4.15. The molecule has 0 radical (unpaired) electrons. The molecule has 5 heteroatoms. The van der Waals surface area contributed by atoms with Crippen LogP contribution in [0.15, 0.2) is 18.3 Å². The van der Waals surface area contributed by atoms with E-state index in [1.807, 2.05) is 32.9 Å². The number of hydrogen-bond donors (Lipinski definition) is 1. The first kappa shape index (κ1) is 12.8. The molecular formula is C13H17N3OS. The van der Waals surface area contributed by atoms with Crippen LogP contribution >= 0.6 is 11.3 Å². The molecule has 0 saturated heterocycles. The van der Waals surface area contributed by atoms with Crippen molar-refractivity contribution in [3.63, 3.8) is 0 Å². The molecule has 4 nitrogen and oxygen atoms in total. The Hall–Kier alpha value is -1.62. The summed E-state index contributed by atoms with van der Waals surface area (Å²) in [5, 5.41) is 4.45. The maximum absolute atomic E-state index is 5.48. The number of rotatable bonds is 5. The van der Waals surface area contributed by atoms with E-state index in [0.29, 0.717) is 12.5 Å². The van der Waals surface area contributed by atoms with Crippen molar-refractivity contribution in [2.75, 3.05) is 11.9 Å². The van der Waals surface area contributed by atoms with E-state index in [0.717, 1.165) is 22.9 Å². The largest absolute Gasteiger partial charge is 0.476 e. The van der Waals surface area contributed by atoms with Crippen molar-refractivity contribution >= 4 is 17.0 Å². The summed E-state index contributed by atoms with van der Waals surface area (Å²) in [4.78, 5) is 9.87. The number of nitrogens with zero attached hydrogens (tertiary/aromatic N) is 2. The van der Waals surface area contributed by atoms with E-state index >= 15 is 0 Å². The maximum atomic E-state index is 5.48. The highest BCUT2D eigenvalue weighted by molar-refractivity contribution is 7.11. The third-order valence-electron chi connectivity index (χ3n) is 2.49. The number of anilines is 1. The molecule has 0 saturated carbocycles. The molecule has 0 aliphatic rings. The molecule has 0 aliphatic heterocycles. The van der Waals surface area contributed by atoms with Gasteiger partial charge in [0.15, 0.2) is 0 Å². The summed E-state index contributed by atoms with van der Waals surface area (Å²) in [6.45, 7) is 7.38. The lowest BCUT2D eigenvalue weighted by molar-refractivity contribution is 0.328. The summed E-state index contributed by atoms with van der Waals surface area (Å²) in [6.07, 6.45) is 1.73. The van der Waals surface area contributed by atoms with Crippen LogP contribution in [-0.2, 0) is 6.54 Å². The van der Waals surface area contributed by atoms with Gasteiger partial charge in [-0.25, -0.2) is 9.97 Å². The highest BCUT2D eigenvalue weighted by atomic mass is 32.1. The molecule has 0 fully saturated rings. The minimum Gasteiger partial charge on any atom is -0.476 e. The molecule has 18 heavy (non-hydrogen) atoms. The molecule has 0 amide bonds. The van der Waals surface area contributed by atoms with Crippen molar-refractivity contribution in [3.8, 4) is 5.88 Å². The highest BCUT2D eigenvalue weighted by Gasteiger charge is 2.07. The summed E-state index contributed by atoms with van der Waals surface area (Å²) in [5.74, 6) is 0.652. The van der Waals surface area contributed by atoms with E-state index in [2.05, 4.69) is 15.3 Å². The Morgan fingerprint density at radius 3 is 2.89 bits per heavy atom. The second-order valence-corrected chi connectivity index (χ2v) is 5.17. The van der Waals surface area contributed by atoms with Crippen molar-refractivity contribution < 1.29 is 4.74 Å². The highest BCUT2D eigenvalue weighted by Crippen LogP contribution is 2.23. The number of nitrogens with one attached hydrogen (secondary N) is 1. The first-order valence-electron chi connectivity index (χ1n) is 5.95. The van der Waals surface area contributed by atoms with Gasteiger partial charge in [0.05, 0.1) is 29.5 Å². The predicted molar refractivity (Wildman–Crippen MR) is 74.3 cm³/mol. The summed E-state index contributed by atoms with van der Waals surface area (Å²) < 4.78 is 5.48. The monoisotopic (exact) mass is 263 g/mol. The fourth-order valence-electron chi connectivity index (χ4n) is 1.69. The number of aryl methyl sites for hydroxylation is 2. The zero-order chi connectivity index (χ0) is 13.0. The van der Waals surface area contributed by atoms with Gasteiger partial charge in [-0.05, 0) is 32.9 Å². The van der Waals surface area contributed by atoms with Gasteiger partial charge in [0, 0.05) is 11.1 Å². The van der Waals surface area contributed by atoms with Gasteiger partial charge in [-0.15, -0.1) is 11.3 Å². The average molecular weight is 263 g/mol. The van der Waals surface area contributed by atoms with Crippen LogP contribution in [0.4, 0.5) is 5.69 Å². The summed E-state index contributed by atoms with van der Waals surface area (Å²) in [7, 11) is 0. The van der Waals surface area contributed by atoms with E-state index < -0.39 is 0 Å². The molecule has 2 rings (SSSR count). The SMILES string of the molecule is CCOc1ncccc1NCc1sc(C)nc1C. The van der Waals surface area contributed by atoms with E-state index in [4.69, 9.17) is 4.74 Å². The van der Waals surface area contributed by atoms with Crippen LogP contribution in [0.25, 0.3) is 0 Å². The molecule has 0 spiro atoms. The average Bonchev–Trinajstić information content (AvgIpc) is 2.67. The molecule has 0 aromatic carbocycles. The second-order valence-electron chi connectivity index (χ2n) is 3.88. The standard InChI is InChI=1S/C13H17N3OS/c1-4-17-13-11(6-5-7-14-13)15-8-12-9(2)16-10(3)18-12/h5-7,15H,4,8H2,1-3H3. The fraction of sp³-hybridized carbons (Fsp3) is 0.385. The van der Waals surface area contributed by atoms with Gasteiger partial charge >= 0.3 is 0 Å². The Morgan fingerprint density at radius 1 is 1.39 bits per heavy atom. The lowest BCUT2D eigenvalue weighted by Gasteiger charge is -2.10. The summed E-state index contributed by atoms with van der Waals surface area (Å²) in [6, 6.07) is 3.87. The topological polar surface area (TPSA) is 47.0 Å². The van der Waals surface area contributed by atoms with Gasteiger partial charge in [0.2, 0.25) is 5.88 Å². The van der Waals surface area contributed by atoms with E-state index in [-0.39, 0.29) is 0 Å². The third-order valence-corrected chi connectivity index (χ3v) is 3.56. The molecule has 0 bridgehead atoms. The Morgan fingerprint density at radius 2 is 2.22 bits per heavy atom. The van der Waals surface area contributed by atoms with Crippen LogP contribution in [0, 0.1) is 13.8 Å². The summed E-state index contributed by atoms with van der Waals surface area (Å²) >= 11 is 1.72. The lowest BCUT2D eigenvalue weighted by atomic mass is 10.3. The van der Waals surface area contributed by atoms with Crippen LogP contribution in [0.2, 0.25) is 0 Å². The van der Waals surface area contributed by atoms with Gasteiger partial charge in [-0.3, -0.25) is 0 Å². The molecule has 2 aromatic rings. The molecule has 1 N–H and O–H groups in total. The van der Waals surface area contributed by atoms with E-state index in [1.54, 1.807) is 17.5 Å². The van der Waals surface area contributed by atoms with Crippen LogP contribution in [-0.4, -0.2) is 16.6 Å². The number of hydrogen-bond acceptors (Lipinski definition) is 5. The molecule has 2 aromatic heterocycles. The quantitative estimate of drug-likeness (QED) is 0.900. The fourth-order valence-corrected chi connectivity index (χ4v) is 2.57. The number of ether oxygens (including phenoxy) is 1. The van der Waals surface area contributed by atoms with Gasteiger partial charge in [0.1, 0.15) is 0 Å². The molecule has 96 valence electrons. The smallest absolute Gasteiger partial charge is 0.237 e. The van der Waals surface area contributed by atoms with Gasteiger partial charge in [-0.1, -0.05) is 0 Å². The Bertz CT molecular complexity index is 525. The normalized spacial score (nSPS) is 10.4. The van der Waals surface area contributed by atoms with Crippen LogP contribution in [0.1, 0.15) is 22.5 Å². The van der Waals surface area contributed by atoms with Crippen LogP contribution in [0.3, 0.4) is 0 Å². The first-order chi connectivity index (χ1) is 8.70. The Balaban J connectivity index is 2.08. The minimum absolute atomic E-state index is 0.615. The van der Waals surface area contributed by atoms with Crippen molar-refractivity contribution in [2.24, 2.45) is 0 Å². The molecule has 0 unspecified atom stereocenters. The minimum atomic E-state index is 0.615. The van der Waals surface area contributed by atoms with Crippen LogP contribution in [0.5, 0.6) is 5.88 Å². The summed E-state index contributed by atoms with van der Waals surface area (Å²) in [5.41, 5.74) is 2.01. The molecule has 2 heterocycles. The number of aromatic nitrogens is 2. The predicted octanol–water partition coefficient (Wildman–Crippen LogP) is 3.17. The van der Waals surface area contributed by atoms with Crippen molar-refractivity contribution in [1.29, 1.82) is 0 Å². The van der Waals surface area contributed by atoms with E-state index in [9.17, 15) is 0 Å². The number of pyridine rings is 1. The first-order valence-corrected chi connectivity index (χ1v) is 6.77. The van der Waals surface area contributed by atoms with Gasteiger partial charge in [0.25, 0.3) is 0 Å². The van der Waals surface area contributed by atoms with Gasteiger partial charge in [-0.2, -0.15) is 0 Å². The molecule has 0 aliphatic carbocycles. The zero-order valence-corrected chi connectivity index (χ0v) is 11.7. The molecular weight excluding hydrogens is 246 g/mol. The van der Waals surface area contributed by atoms with Crippen molar-refractivity contribution in [3.05, 3.63) is 33.9 Å². The van der Waals surface area contributed by atoms with Crippen LogP contribution < -0.4 is 10.1 Å². The zero-order valence-electron chi connectivity index (χ0n) is 10.9. The molecule has 0 atom stereocenters. The number of thiazole rings is 1. The third kappa shape index (κ3) is 2.98. The van der Waals surface area contributed by atoms with Crippen molar-refractivity contribution in [1.82, 2.24) is 9.97 Å². The second kappa shape index (κ2) is 5.82. The Labute approximate surface area is 111 Å². The van der Waals surface area contributed by atoms with Gasteiger partial charge < -0.3 is 10.1 Å².